The van der Waals surface area contributed by atoms with Gasteiger partial charge in [0.05, 0.1) is 6.54 Å². The fourth-order valence-corrected chi connectivity index (χ4v) is 2.34. The molecule has 2 aromatic carbocycles. The Morgan fingerprint density at radius 1 is 1.05 bits per heavy atom. The summed E-state index contributed by atoms with van der Waals surface area (Å²) in [6, 6.07) is 18.1. The predicted molar refractivity (Wildman–Crippen MR) is 91.9 cm³/mol. The minimum absolute atomic E-state index is 0.00694. The molecule has 0 spiro atoms. The first kappa shape index (κ1) is 16.2. The molecule has 2 aromatic rings. The summed E-state index contributed by atoms with van der Waals surface area (Å²) in [4.78, 5) is 14.0. The quantitative estimate of drug-likeness (QED) is 0.877. The molecule has 0 fully saturated rings. The number of carbonyl (C=O) groups excluding carboxylic acids is 1. The number of nitrogens with zero attached hydrogens (tertiary/aromatic N) is 1. The second-order valence-electron chi connectivity index (χ2n) is 5.98. The molecule has 3 heteroatoms. The molecule has 0 heterocycles. The number of benzene rings is 2. The number of nitrogens with one attached hydrogen (secondary N) is 1. The number of rotatable bonds is 6. The third-order valence-corrected chi connectivity index (χ3v) is 3.57. The van der Waals surface area contributed by atoms with Crippen LogP contribution in [0.15, 0.2) is 54.6 Å². The lowest BCUT2D eigenvalue weighted by Crippen LogP contribution is -2.29. The molecule has 1 N–H and O–H groups in total. The molecule has 0 radical (unpaired) electrons. The zero-order valence-corrected chi connectivity index (χ0v) is 13.5. The van der Waals surface area contributed by atoms with Crippen molar-refractivity contribution in [2.24, 2.45) is 0 Å². The van der Waals surface area contributed by atoms with Crippen molar-refractivity contribution in [2.45, 2.75) is 26.3 Å². The lowest BCUT2D eigenvalue weighted by molar-refractivity contribution is -0.117. The van der Waals surface area contributed by atoms with Crippen LogP contribution in [0.4, 0.5) is 5.69 Å². The number of amides is 1. The molecule has 116 valence electrons. The van der Waals surface area contributed by atoms with E-state index in [1.807, 2.05) is 42.3 Å². The number of carbonyl (C=O) groups is 1. The standard InChI is InChI=1S/C19H24N2O/c1-15(2)17-11-9-16(10-12-17)13-21(3)14-19(22)20-18-7-5-4-6-8-18/h4-12,15H,13-14H2,1-3H3,(H,20,22). The summed E-state index contributed by atoms with van der Waals surface area (Å²) in [5.41, 5.74) is 3.40. The van der Waals surface area contributed by atoms with Crippen LogP contribution < -0.4 is 5.32 Å². The molecular weight excluding hydrogens is 272 g/mol. The van der Waals surface area contributed by atoms with Crippen molar-refractivity contribution in [3.63, 3.8) is 0 Å². The van der Waals surface area contributed by atoms with Crippen molar-refractivity contribution in [3.05, 3.63) is 65.7 Å². The summed E-state index contributed by atoms with van der Waals surface area (Å²) in [6.07, 6.45) is 0. The first-order chi connectivity index (χ1) is 10.5. The van der Waals surface area contributed by atoms with Crippen LogP contribution in [0.5, 0.6) is 0 Å². The number of para-hydroxylation sites is 1. The maximum absolute atomic E-state index is 12.0. The van der Waals surface area contributed by atoms with Gasteiger partial charge in [-0.05, 0) is 36.2 Å². The van der Waals surface area contributed by atoms with E-state index in [1.54, 1.807) is 0 Å². The van der Waals surface area contributed by atoms with Crippen LogP contribution in [0.25, 0.3) is 0 Å². The van der Waals surface area contributed by atoms with Gasteiger partial charge in [0.2, 0.25) is 5.91 Å². The van der Waals surface area contributed by atoms with E-state index in [4.69, 9.17) is 0 Å². The van der Waals surface area contributed by atoms with Gasteiger partial charge in [-0.1, -0.05) is 56.3 Å². The van der Waals surface area contributed by atoms with Crippen LogP contribution in [0, 0.1) is 0 Å². The van der Waals surface area contributed by atoms with E-state index in [-0.39, 0.29) is 5.91 Å². The molecule has 0 bridgehead atoms. The van der Waals surface area contributed by atoms with Crippen LogP contribution in [-0.2, 0) is 11.3 Å². The third-order valence-electron chi connectivity index (χ3n) is 3.57. The molecule has 1 amide bonds. The second kappa shape index (κ2) is 7.76. The van der Waals surface area contributed by atoms with Gasteiger partial charge in [-0.3, -0.25) is 9.69 Å². The fourth-order valence-electron chi connectivity index (χ4n) is 2.34. The van der Waals surface area contributed by atoms with E-state index in [0.717, 1.165) is 12.2 Å². The summed E-state index contributed by atoms with van der Waals surface area (Å²) in [6.45, 7) is 5.52. The first-order valence-electron chi connectivity index (χ1n) is 7.67. The molecule has 0 saturated heterocycles. The minimum atomic E-state index is 0.00694. The van der Waals surface area contributed by atoms with Crippen LogP contribution in [0.3, 0.4) is 0 Å². The zero-order valence-electron chi connectivity index (χ0n) is 13.5. The number of hydrogen-bond donors (Lipinski definition) is 1. The van der Waals surface area contributed by atoms with Crippen molar-refractivity contribution < 1.29 is 4.79 Å². The Hall–Kier alpha value is -2.13. The van der Waals surface area contributed by atoms with Crippen LogP contribution >= 0.6 is 0 Å². The molecule has 0 aliphatic carbocycles. The highest BCUT2D eigenvalue weighted by atomic mass is 16.2. The Bertz CT molecular complexity index is 591. The number of anilines is 1. The Morgan fingerprint density at radius 3 is 2.27 bits per heavy atom. The molecule has 2 rings (SSSR count). The van der Waals surface area contributed by atoms with Gasteiger partial charge >= 0.3 is 0 Å². The van der Waals surface area contributed by atoms with Crippen molar-refractivity contribution >= 4 is 11.6 Å². The summed E-state index contributed by atoms with van der Waals surface area (Å²) < 4.78 is 0. The zero-order chi connectivity index (χ0) is 15.9. The van der Waals surface area contributed by atoms with Gasteiger partial charge in [0.1, 0.15) is 0 Å². The molecule has 0 saturated carbocycles. The summed E-state index contributed by atoms with van der Waals surface area (Å²) in [7, 11) is 1.96. The predicted octanol–water partition coefficient (Wildman–Crippen LogP) is 3.88. The van der Waals surface area contributed by atoms with Crippen molar-refractivity contribution in [1.82, 2.24) is 4.90 Å². The molecule has 22 heavy (non-hydrogen) atoms. The van der Waals surface area contributed by atoms with Gasteiger partial charge in [-0.15, -0.1) is 0 Å². The maximum Gasteiger partial charge on any atom is 0.238 e. The summed E-state index contributed by atoms with van der Waals surface area (Å²) >= 11 is 0. The monoisotopic (exact) mass is 296 g/mol. The van der Waals surface area contributed by atoms with Crippen molar-refractivity contribution in [3.8, 4) is 0 Å². The molecule has 0 aromatic heterocycles. The Balaban J connectivity index is 1.84. The first-order valence-corrected chi connectivity index (χ1v) is 7.67. The lowest BCUT2D eigenvalue weighted by atomic mass is 10.0. The van der Waals surface area contributed by atoms with Crippen LogP contribution in [0.1, 0.15) is 30.9 Å². The number of hydrogen-bond acceptors (Lipinski definition) is 2. The molecule has 0 aliphatic heterocycles. The van der Waals surface area contributed by atoms with Crippen LogP contribution in [0.2, 0.25) is 0 Å². The largest absolute Gasteiger partial charge is 0.325 e. The van der Waals surface area contributed by atoms with Crippen molar-refractivity contribution in [2.75, 3.05) is 18.9 Å². The van der Waals surface area contributed by atoms with Gasteiger partial charge in [-0.2, -0.15) is 0 Å². The van der Waals surface area contributed by atoms with E-state index in [9.17, 15) is 4.79 Å². The van der Waals surface area contributed by atoms with Gasteiger partial charge in [-0.25, -0.2) is 0 Å². The third kappa shape index (κ3) is 5.01. The fraction of sp³-hybridized carbons (Fsp3) is 0.316. The molecule has 3 nitrogen and oxygen atoms in total. The van der Waals surface area contributed by atoms with Gasteiger partial charge < -0.3 is 5.32 Å². The Kier molecular flexibility index (Phi) is 5.73. The van der Waals surface area contributed by atoms with Crippen molar-refractivity contribution in [1.29, 1.82) is 0 Å². The van der Waals surface area contributed by atoms with Crippen LogP contribution in [-0.4, -0.2) is 24.4 Å². The Labute approximate surface area is 133 Å². The highest BCUT2D eigenvalue weighted by Crippen LogP contribution is 2.15. The highest BCUT2D eigenvalue weighted by molar-refractivity contribution is 5.92. The van der Waals surface area contributed by atoms with Gasteiger partial charge in [0.25, 0.3) is 0 Å². The SMILES string of the molecule is CC(C)c1ccc(CN(C)CC(=O)Nc2ccccc2)cc1. The number of likely N-dealkylation sites (N-methyl/N-ethyl adjacent to an activating group) is 1. The Morgan fingerprint density at radius 2 is 1.68 bits per heavy atom. The van der Waals surface area contributed by atoms with E-state index in [1.165, 1.54) is 11.1 Å². The smallest absolute Gasteiger partial charge is 0.238 e. The normalized spacial score (nSPS) is 11.0. The maximum atomic E-state index is 12.0. The molecule has 0 aliphatic rings. The minimum Gasteiger partial charge on any atom is -0.325 e. The summed E-state index contributed by atoms with van der Waals surface area (Å²) in [5, 5.41) is 2.90. The molecular formula is C19H24N2O. The average molecular weight is 296 g/mol. The average Bonchev–Trinajstić information content (AvgIpc) is 2.48. The molecule has 0 unspecified atom stereocenters. The topological polar surface area (TPSA) is 32.3 Å². The lowest BCUT2D eigenvalue weighted by Gasteiger charge is -2.17. The van der Waals surface area contributed by atoms with E-state index < -0.39 is 0 Å². The van der Waals surface area contributed by atoms with E-state index in [2.05, 4.69) is 43.4 Å². The van der Waals surface area contributed by atoms with Gasteiger partial charge in [0, 0.05) is 12.2 Å². The summed E-state index contributed by atoms with van der Waals surface area (Å²) in [5.74, 6) is 0.552. The second-order valence-corrected chi connectivity index (χ2v) is 5.98. The van der Waals surface area contributed by atoms with E-state index in [0.29, 0.717) is 12.5 Å². The highest BCUT2D eigenvalue weighted by Gasteiger charge is 2.08. The van der Waals surface area contributed by atoms with Gasteiger partial charge in [0.15, 0.2) is 0 Å². The van der Waals surface area contributed by atoms with E-state index >= 15 is 0 Å². The molecule has 0 atom stereocenters.